The van der Waals surface area contributed by atoms with Gasteiger partial charge in [0.05, 0.1) is 11.1 Å². The van der Waals surface area contributed by atoms with Crippen LogP contribution in [0.4, 0.5) is 0 Å². The first kappa shape index (κ1) is 15.8. The number of nitrogens with zero attached hydrogens (tertiary/aromatic N) is 1. The van der Waals surface area contributed by atoms with Crippen molar-refractivity contribution in [2.24, 2.45) is 0 Å². The molecule has 1 heterocycles. The van der Waals surface area contributed by atoms with Crippen molar-refractivity contribution < 1.29 is 19.8 Å². The van der Waals surface area contributed by atoms with Crippen LogP contribution >= 0.6 is 0 Å². The van der Waals surface area contributed by atoms with E-state index in [0.717, 1.165) is 16.8 Å². The molecule has 0 fully saturated rings. The van der Waals surface area contributed by atoms with Gasteiger partial charge in [-0.1, -0.05) is 12.1 Å². The van der Waals surface area contributed by atoms with E-state index < -0.39 is 11.9 Å². The number of hydrogen-bond donors (Lipinski definition) is 2. The van der Waals surface area contributed by atoms with Gasteiger partial charge in [-0.25, -0.2) is 9.59 Å². The molecule has 116 valence electrons. The monoisotopic (exact) mass is 301 g/mol. The first-order chi connectivity index (χ1) is 10.3. The van der Waals surface area contributed by atoms with E-state index in [0.29, 0.717) is 12.1 Å². The normalized spacial score (nSPS) is 18.2. The van der Waals surface area contributed by atoms with E-state index in [1.165, 1.54) is 0 Å². The summed E-state index contributed by atoms with van der Waals surface area (Å²) in [5.74, 6) is -1.85. The molecule has 0 aliphatic carbocycles. The van der Waals surface area contributed by atoms with Crippen LogP contribution in [-0.4, -0.2) is 33.1 Å². The van der Waals surface area contributed by atoms with E-state index in [9.17, 15) is 14.7 Å². The van der Waals surface area contributed by atoms with Crippen LogP contribution in [0.3, 0.4) is 0 Å². The van der Waals surface area contributed by atoms with Gasteiger partial charge in [-0.05, 0) is 50.1 Å². The summed E-state index contributed by atoms with van der Waals surface area (Å²) >= 11 is 0. The van der Waals surface area contributed by atoms with E-state index in [-0.39, 0.29) is 11.6 Å². The maximum Gasteiger partial charge on any atom is 0.335 e. The summed E-state index contributed by atoms with van der Waals surface area (Å²) in [6.45, 7) is 6.29. The molecule has 0 saturated heterocycles. The topological polar surface area (TPSA) is 77.8 Å². The van der Waals surface area contributed by atoms with Crippen LogP contribution in [0.15, 0.2) is 47.2 Å². The van der Waals surface area contributed by atoms with Crippen molar-refractivity contribution in [3.8, 4) is 0 Å². The van der Waals surface area contributed by atoms with Crippen molar-refractivity contribution in [3.63, 3.8) is 0 Å². The zero-order chi connectivity index (χ0) is 16.4. The lowest BCUT2D eigenvalue weighted by Crippen LogP contribution is -2.35. The molecule has 0 amide bonds. The van der Waals surface area contributed by atoms with E-state index in [2.05, 4.69) is 4.90 Å². The fourth-order valence-electron chi connectivity index (χ4n) is 2.61. The molecule has 1 aliphatic rings. The largest absolute Gasteiger partial charge is 0.478 e. The van der Waals surface area contributed by atoms with E-state index in [4.69, 9.17) is 5.11 Å². The summed E-state index contributed by atoms with van der Waals surface area (Å²) in [5, 5.41) is 18.1. The van der Waals surface area contributed by atoms with Gasteiger partial charge < -0.3 is 15.1 Å². The first-order valence-electron chi connectivity index (χ1n) is 7.02. The second kappa shape index (κ2) is 6.05. The highest BCUT2D eigenvalue weighted by Crippen LogP contribution is 2.28. The minimum atomic E-state index is -0.946. The van der Waals surface area contributed by atoms with Gasteiger partial charge in [0.25, 0.3) is 0 Å². The molecule has 0 aromatic heterocycles. The third-order valence-electron chi connectivity index (χ3n) is 4.11. The molecular formula is C17H19NO4. The van der Waals surface area contributed by atoms with Gasteiger partial charge in [-0.15, -0.1) is 0 Å². The fourth-order valence-corrected chi connectivity index (χ4v) is 2.61. The standard InChI is InChI=1S/C17H19NO4/c1-10-8-15(17(21)22)11(2)12(3)18(10)9-13-4-6-14(7-5-13)16(19)20/h4-8,12H,9H2,1-3H3,(H,19,20)(H,21,22). The van der Waals surface area contributed by atoms with Gasteiger partial charge in [-0.3, -0.25) is 0 Å². The summed E-state index contributed by atoms with van der Waals surface area (Å²) in [4.78, 5) is 24.2. The highest BCUT2D eigenvalue weighted by atomic mass is 16.4. The Balaban J connectivity index is 2.22. The summed E-state index contributed by atoms with van der Waals surface area (Å²) < 4.78 is 0. The number of allylic oxidation sites excluding steroid dienone is 1. The van der Waals surface area contributed by atoms with E-state index in [1.807, 2.05) is 20.8 Å². The lowest BCUT2D eigenvalue weighted by molar-refractivity contribution is -0.132. The van der Waals surface area contributed by atoms with E-state index >= 15 is 0 Å². The Hall–Kier alpha value is -2.56. The van der Waals surface area contributed by atoms with Crippen molar-refractivity contribution in [2.45, 2.75) is 33.4 Å². The summed E-state index contributed by atoms with van der Waals surface area (Å²) in [6.07, 6.45) is 1.68. The molecule has 0 radical (unpaired) electrons. The van der Waals surface area contributed by atoms with Crippen molar-refractivity contribution >= 4 is 11.9 Å². The third kappa shape index (κ3) is 3.03. The van der Waals surface area contributed by atoms with E-state index in [1.54, 1.807) is 30.3 Å². The third-order valence-corrected chi connectivity index (χ3v) is 4.11. The molecule has 1 unspecified atom stereocenters. The SMILES string of the molecule is CC1=CC(C(=O)O)=C(C)C(C)N1Cc1ccc(C(=O)O)cc1. The molecule has 5 heteroatoms. The molecule has 2 rings (SSSR count). The van der Waals surface area contributed by atoms with Gasteiger partial charge in [0.2, 0.25) is 0 Å². The Morgan fingerprint density at radius 1 is 1.09 bits per heavy atom. The minimum Gasteiger partial charge on any atom is -0.478 e. The number of benzene rings is 1. The van der Waals surface area contributed by atoms with Gasteiger partial charge in [-0.2, -0.15) is 0 Å². The molecule has 1 aliphatic heterocycles. The Kier molecular flexibility index (Phi) is 4.35. The number of carboxylic acid groups (broad SMARTS) is 2. The van der Waals surface area contributed by atoms with Crippen LogP contribution in [0, 0.1) is 0 Å². The summed E-state index contributed by atoms with van der Waals surface area (Å²) in [7, 11) is 0. The molecule has 1 aromatic rings. The average Bonchev–Trinajstić information content (AvgIpc) is 2.47. The van der Waals surface area contributed by atoms with Crippen LogP contribution in [0.1, 0.15) is 36.7 Å². The minimum absolute atomic E-state index is 0.0183. The Labute approximate surface area is 129 Å². The van der Waals surface area contributed by atoms with Crippen LogP contribution in [-0.2, 0) is 11.3 Å². The number of hydrogen-bond acceptors (Lipinski definition) is 3. The Morgan fingerprint density at radius 3 is 2.18 bits per heavy atom. The number of rotatable bonds is 4. The molecule has 0 spiro atoms. The molecule has 5 nitrogen and oxygen atoms in total. The summed E-state index contributed by atoms with van der Waals surface area (Å²) in [5.41, 5.74) is 3.30. The highest BCUT2D eigenvalue weighted by Gasteiger charge is 2.25. The first-order valence-corrected chi connectivity index (χ1v) is 7.02. The zero-order valence-corrected chi connectivity index (χ0v) is 12.8. The van der Waals surface area contributed by atoms with Crippen molar-refractivity contribution in [2.75, 3.05) is 0 Å². The van der Waals surface area contributed by atoms with Gasteiger partial charge in [0, 0.05) is 18.3 Å². The lowest BCUT2D eigenvalue weighted by Gasteiger charge is -2.36. The van der Waals surface area contributed by atoms with Gasteiger partial charge in [0.1, 0.15) is 0 Å². The average molecular weight is 301 g/mol. The van der Waals surface area contributed by atoms with Crippen LogP contribution in [0.25, 0.3) is 0 Å². The van der Waals surface area contributed by atoms with Crippen molar-refractivity contribution in [3.05, 3.63) is 58.3 Å². The number of aromatic carboxylic acids is 1. The second-order valence-electron chi connectivity index (χ2n) is 5.49. The maximum atomic E-state index is 11.2. The quantitative estimate of drug-likeness (QED) is 0.894. The molecule has 22 heavy (non-hydrogen) atoms. The summed E-state index contributed by atoms with van der Waals surface area (Å²) in [6, 6.07) is 6.72. The lowest BCUT2D eigenvalue weighted by atomic mass is 9.96. The van der Waals surface area contributed by atoms with Crippen LogP contribution in [0.2, 0.25) is 0 Å². The fraction of sp³-hybridized carbons (Fsp3) is 0.294. The predicted octanol–water partition coefficient (Wildman–Crippen LogP) is 2.89. The van der Waals surface area contributed by atoms with Crippen LogP contribution < -0.4 is 0 Å². The predicted molar refractivity (Wildman–Crippen MR) is 82.5 cm³/mol. The molecule has 2 N–H and O–H groups in total. The van der Waals surface area contributed by atoms with Crippen molar-refractivity contribution in [1.82, 2.24) is 4.90 Å². The highest BCUT2D eigenvalue weighted by molar-refractivity contribution is 5.91. The second-order valence-corrected chi connectivity index (χ2v) is 5.49. The number of carboxylic acids is 2. The number of carbonyl (C=O) groups is 2. The molecular weight excluding hydrogens is 282 g/mol. The maximum absolute atomic E-state index is 11.2. The van der Waals surface area contributed by atoms with Crippen molar-refractivity contribution in [1.29, 1.82) is 0 Å². The Bertz CT molecular complexity index is 670. The zero-order valence-electron chi connectivity index (χ0n) is 12.8. The van der Waals surface area contributed by atoms with Crippen LogP contribution in [0.5, 0.6) is 0 Å². The molecule has 1 aromatic carbocycles. The molecule has 0 saturated carbocycles. The van der Waals surface area contributed by atoms with Gasteiger partial charge >= 0.3 is 11.9 Å². The molecule has 1 atom stereocenters. The van der Waals surface area contributed by atoms with Gasteiger partial charge in [0.15, 0.2) is 0 Å². The smallest absolute Gasteiger partial charge is 0.335 e. The number of aliphatic carboxylic acids is 1. The molecule has 0 bridgehead atoms. The Morgan fingerprint density at radius 2 is 1.68 bits per heavy atom.